The second kappa shape index (κ2) is 6.06. The van der Waals surface area contributed by atoms with Crippen LogP contribution < -0.4 is 0 Å². The van der Waals surface area contributed by atoms with E-state index < -0.39 is 18.1 Å². The summed E-state index contributed by atoms with van der Waals surface area (Å²) in [5, 5.41) is 21.3. The minimum Gasteiger partial charge on any atom is -0.394 e. The molecule has 1 aromatic heterocycles. The maximum atomic E-state index is 12.3. The van der Waals surface area contributed by atoms with Gasteiger partial charge in [-0.1, -0.05) is 5.16 Å². The van der Waals surface area contributed by atoms with Gasteiger partial charge in [-0.2, -0.15) is 18.2 Å². The third-order valence-electron chi connectivity index (χ3n) is 3.44. The van der Waals surface area contributed by atoms with E-state index in [2.05, 4.69) is 14.7 Å². The number of nitrogens with zero attached hydrogens (tertiary/aromatic N) is 3. The molecule has 0 amide bonds. The van der Waals surface area contributed by atoms with Crippen molar-refractivity contribution in [3.05, 3.63) is 11.7 Å². The monoisotopic (exact) mass is 295 g/mol. The second-order valence-corrected chi connectivity index (χ2v) is 4.87. The zero-order chi connectivity index (χ0) is 14.8. The standard InChI is InChI=1S/C11H16F3N3O3/c12-11(13,14)10-15-9(20-16-10)5-17-3-1-7(2-4-17)8(19)6-18/h7-8,18-19H,1-6H2. The van der Waals surface area contributed by atoms with Gasteiger partial charge in [0.1, 0.15) is 0 Å². The molecule has 0 saturated carbocycles. The van der Waals surface area contributed by atoms with Crippen LogP contribution in [0.4, 0.5) is 13.2 Å². The summed E-state index contributed by atoms with van der Waals surface area (Å²) >= 11 is 0. The van der Waals surface area contributed by atoms with Crippen LogP contribution in [-0.4, -0.2) is 51.1 Å². The summed E-state index contributed by atoms with van der Waals surface area (Å²) in [6.45, 7) is 1.09. The van der Waals surface area contributed by atoms with Crippen LogP contribution in [-0.2, 0) is 12.7 Å². The number of hydrogen-bond acceptors (Lipinski definition) is 6. The average molecular weight is 295 g/mol. The summed E-state index contributed by atoms with van der Waals surface area (Å²) in [7, 11) is 0. The Labute approximate surface area is 113 Å². The maximum Gasteiger partial charge on any atom is 0.455 e. The van der Waals surface area contributed by atoms with Crippen molar-refractivity contribution in [3.8, 4) is 0 Å². The van der Waals surface area contributed by atoms with Crippen molar-refractivity contribution >= 4 is 0 Å². The summed E-state index contributed by atoms with van der Waals surface area (Å²) in [6.07, 6.45) is -4.00. The average Bonchev–Trinajstić information content (AvgIpc) is 2.87. The van der Waals surface area contributed by atoms with Gasteiger partial charge in [0.2, 0.25) is 5.89 Å². The van der Waals surface area contributed by atoms with Crippen molar-refractivity contribution < 1.29 is 27.9 Å². The molecule has 0 aliphatic carbocycles. The Balaban J connectivity index is 1.85. The zero-order valence-corrected chi connectivity index (χ0v) is 10.7. The highest BCUT2D eigenvalue weighted by Gasteiger charge is 2.37. The molecule has 2 N–H and O–H groups in total. The fourth-order valence-electron chi connectivity index (χ4n) is 2.27. The summed E-state index contributed by atoms with van der Waals surface area (Å²) in [5.41, 5.74) is 0. The number of piperidine rings is 1. The van der Waals surface area contributed by atoms with Gasteiger partial charge >= 0.3 is 6.18 Å². The van der Waals surface area contributed by atoms with Crippen LogP contribution in [0.15, 0.2) is 4.52 Å². The fourth-order valence-corrected chi connectivity index (χ4v) is 2.27. The minimum atomic E-state index is -4.60. The van der Waals surface area contributed by atoms with Gasteiger partial charge in [0, 0.05) is 0 Å². The van der Waals surface area contributed by atoms with Crippen LogP contribution in [0.25, 0.3) is 0 Å². The van der Waals surface area contributed by atoms with E-state index in [1.54, 1.807) is 0 Å². The van der Waals surface area contributed by atoms with Crippen molar-refractivity contribution in [1.82, 2.24) is 15.0 Å². The highest BCUT2D eigenvalue weighted by atomic mass is 19.4. The third-order valence-corrected chi connectivity index (χ3v) is 3.44. The Kier molecular flexibility index (Phi) is 4.61. The minimum absolute atomic E-state index is 0.0182. The summed E-state index contributed by atoms with van der Waals surface area (Å²) in [4.78, 5) is 5.20. The smallest absolute Gasteiger partial charge is 0.394 e. The van der Waals surface area contributed by atoms with Gasteiger partial charge in [-0.05, 0) is 31.8 Å². The van der Waals surface area contributed by atoms with Crippen LogP contribution in [0.5, 0.6) is 0 Å². The Hall–Kier alpha value is -1.19. The predicted octanol–water partition coefficient (Wildman–Crippen LogP) is 0.654. The van der Waals surface area contributed by atoms with E-state index in [4.69, 9.17) is 5.11 Å². The number of aliphatic hydroxyl groups excluding tert-OH is 2. The number of aromatic nitrogens is 2. The van der Waals surface area contributed by atoms with E-state index in [1.807, 2.05) is 4.90 Å². The van der Waals surface area contributed by atoms with Crippen molar-refractivity contribution in [2.24, 2.45) is 5.92 Å². The first-order chi connectivity index (χ1) is 9.40. The SMILES string of the molecule is OCC(O)C1CCN(Cc2nc(C(F)(F)F)no2)CC1. The molecule has 1 aliphatic rings. The van der Waals surface area contributed by atoms with Gasteiger partial charge < -0.3 is 14.7 Å². The lowest BCUT2D eigenvalue weighted by molar-refractivity contribution is -0.146. The van der Waals surface area contributed by atoms with Crippen LogP contribution in [0.2, 0.25) is 0 Å². The fraction of sp³-hybridized carbons (Fsp3) is 0.818. The molecule has 0 spiro atoms. The topological polar surface area (TPSA) is 82.6 Å². The largest absolute Gasteiger partial charge is 0.455 e. The van der Waals surface area contributed by atoms with Crippen molar-refractivity contribution in [2.45, 2.75) is 31.7 Å². The van der Waals surface area contributed by atoms with Crippen LogP contribution >= 0.6 is 0 Å². The highest BCUT2D eigenvalue weighted by molar-refractivity contribution is 4.91. The molecule has 1 saturated heterocycles. The van der Waals surface area contributed by atoms with Gasteiger partial charge in [0.05, 0.1) is 19.3 Å². The van der Waals surface area contributed by atoms with E-state index in [0.717, 1.165) is 0 Å². The molecule has 1 atom stereocenters. The molecule has 9 heteroatoms. The van der Waals surface area contributed by atoms with E-state index in [9.17, 15) is 18.3 Å². The first-order valence-electron chi connectivity index (χ1n) is 6.31. The van der Waals surface area contributed by atoms with Gasteiger partial charge in [-0.25, -0.2) is 0 Å². The molecule has 20 heavy (non-hydrogen) atoms. The molecule has 2 rings (SSSR count). The van der Waals surface area contributed by atoms with Crippen molar-refractivity contribution in [3.63, 3.8) is 0 Å². The van der Waals surface area contributed by atoms with Crippen molar-refractivity contribution in [1.29, 1.82) is 0 Å². The molecule has 0 aromatic carbocycles. The first-order valence-corrected chi connectivity index (χ1v) is 6.31. The quantitative estimate of drug-likeness (QED) is 0.849. The Bertz CT molecular complexity index is 430. The Morgan fingerprint density at radius 1 is 1.35 bits per heavy atom. The van der Waals surface area contributed by atoms with Gasteiger partial charge in [-0.3, -0.25) is 4.90 Å². The molecule has 1 aromatic rings. The summed E-state index contributed by atoms with van der Waals surface area (Å²) in [5.74, 6) is -1.32. The third kappa shape index (κ3) is 3.68. The first kappa shape index (κ1) is 15.2. The number of aliphatic hydroxyl groups is 2. The van der Waals surface area contributed by atoms with E-state index in [1.165, 1.54) is 0 Å². The van der Waals surface area contributed by atoms with Crippen LogP contribution in [0.1, 0.15) is 24.6 Å². The van der Waals surface area contributed by atoms with Crippen LogP contribution in [0.3, 0.4) is 0 Å². The molecule has 2 heterocycles. The lowest BCUT2D eigenvalue weighted by Crippen LogP contribution is -2.38. The van der Waals surface area contributed by atoms with Crippen molar-refractivity contribution in [2.75, 3.05) is 19.7 Å². The molecular weight excluding hydrogens is 279 g/mol. The zero-order valence-electron chi connectivity index (χ0n) is 10.7. The normalized spacial score (nSPS) is 20.2. The predicted molar refractivity (Wildman–Crippen MR) is 60.4 cm³/mol. The molecule has 1 aliphatic heterocycles. The van der Waals surface area contributed by atoms with Crippen LogP contribution in [0, 0.1) is 5.92 Å². The van der Waals surface area contributed by atoms with E-state index in [0.29, 0.717) is 25.9 Å². The molecule has 0 bridgehead atoms. The Morgan fingerprint density at radius 2 is 2.00 bits per heavy atom. The number of hydrogen-bond donors (Lipinski definition) is 2. The Morgan fingerprint density at radius 3 is 2.50 bits per heavy atom. The molecule has 0 radical (unpaired) electrons. The molecular formula is C11H16F3N3O3. The number of rotatable bonds is 4. The van der Waals surface area contributed by atoms with Gasteiger partial charge in [0.15, 0.2) is 0 Å². The number of likely N-dealkylation sites (tertiary alicyclic amines) is 1. The van der Waals surface area contributed by atoms with Gasteiger partial charge in [-0.15, -0.1) is 0 Å². The highest BCUT2D eigenvalue weighted by Crippen LogP contribution is 2.27. The lowest BCUT2D eigenvalue weighted by atomic mass is 9.91. The summed E-state index contributed by atoms with van der Waals surface area (Å²) in [6, 6.07) is 0. The van der Waals surface area contributed by atoms with E-state index >= 15 is 0 Å². The maximum absolute atomic E-state index is 12.3. The lowest BCUT2D eigenvalue weighted by Gasteiger charge is -2.32. The molecule has 6 nitrogen and oxygen atoms in total. The van der Waals surface area contributed by atoms with Gasteiger partial charge in [0.25, 0.3) is 5.82 Å². The van der Waals surface area contributed by atoms with E-state index in [-0.39, 0.29) is 25.0 Å². The number of alkyl halides is 3. The second-order valence-electron chi connectivity index (χ2n) is 4.87. The number of halogens is 3. The molecule has 114 valence electrons. The molecule has 1 unspecified atom stereocenters. The molecule has 1 fully saturated rings. The summed E-state index contributed by atoms with van der Waals surface area (Å²) < 4.78 is 41.5.